The van der Waals surface area contributed by atoms with Crippen molar-refractivity contribution >= 4 is 0 Å². The lowest BCUT2D eigenvalue weighted by atomic mass is 10.1. The Morgan fingerprint density at radius 2 is 2.00 bits per heavy atom. The topological polar surface area (TPSA) is 12.5 Å². The highest BCUT2D eigenvalue weighted by Crippen LogP contribution is 2.29. The van der Waals surface area contributed by atoms with Gasteiger partial charge in [0.2, 0.25) is 0 Å². The van der Waals surface area contributed by atoms with Crippen LogP contribution in [0.15, 0.2) is 18.2 Å². The lowest BCUT2D eigenvalue weighted by Gasteiger charge is -2.14. The van der Waals surface area contributed by atoms with Crippen molar-refractivity contribution in [2.24, 2.45) is 0 Å². The van der Waals surface area contributed by atoms with Gasteiger partial charge in [0, 0.05) is 0 Å². The Balaban J connectivity index is 1.48. The van der Waals surface area contributed by atoms with Gasteiger partial charge in [-0.1, -0.05) is 6.07 Å². The second kappa shape index (κ2) is 5.91. The van der Waals surface area contributed by atoms with Crippen molar-refractivity contribution in [1.82, 2.24) is 4.90 Å². The molecule has 0 unspecified atom stereocenters. The Morgan fingerprint density at radius 1 is 1.21 bits per heavy atom. The zero-order valence-corrected chi connectivity index (χ0v) is 11.4. The Morgan fingerprint density at radius 3 is 2.68 bits per heavy atom. The average molecular weight is 263 g/mol. The summed E-state index contributed by atoms with van der Waals surface area (Å²) in [5.41, 5.74) is 1.08. The lowest BCUT2D eigenvalue weighted by molar-refractivity contribution is 0.287. The molecule has 0 atom stereocenters. The maximum Gasteiger partial charge on any atom is 0.165 e. The molecule has 1 aliphatic heterocycles. The van der Waals surface area contributed by atoms with Gasteiger partial charge in [0.25, 0.3) is 0 Å². The number of likely N-dealkylation sites (tertiary alicyclic amines) is 1. The highest BCUT2D eigenvalue weighted by molar-refractivity contribution is 5.30. The first kappa shape index (κ1) is 12.9. The summed E-state index contributed by atoms with van der Waals surface area (Å²) in [7, 11) is 0. The number of hydrogen-bond acceptors (Lipinski definition) is 2. The largest absolute Gasteiger partial charge is 0.487 e. The number of aryl methyl sites for hydroxylation is 1. The van der Waals surface area contributed by atoms with Crippen molar-refractivity contribution in [2.75, 3.05) is 19.6 Å². The molecule has 0 aromatic heterocycles. The van der Waals surface area contributed by atoms with Crippen LogP contribution in [0.3, 0.4) is 0 Å². The molecule has 1 aromatic carbocycles. The molecular formula is C16H22FNO. The molecule has 0 bridgehead atoms. The van der Waals surface area contributed by atoms with E-state index in [1.54, 1.807) is 12.1 Å². The first-order chi connectivity index (χ1) is 9.31. The predicted molar refractivity (Wildman–Crippen MR) is 74.0 cm³/mol. The maximum absolute atomic E-state index is 13.8. The standard InChI is InChI=1S/C16H22FNO/c17-15-12-13(4-3-11-18-9-1-2-10-18)5-8-16(15)19-14-6-7-14/h5,8,12,14H,1-4,6-7,9-11H2. The molecule has 2 nitrogen and oxygen atoms in total. The third-order valence-electron chi connectivity index (χ3n) is 3.95. The number of rotatable bonds is 6. The van der Waals surface area contributed by atoms with E-state index < -0.39 is 0 Å². The van der Waals surface area contributed by atoms with E-state index in [1.807, 2.05) is 6.07 Å². The Labute approximate surface area is 114 Å². The van der Waals surface area contributed by atoms with Gasteiger partial charge in [0.15, 0.2) is 11.6 Å². The molecule has 1 aliphatic carbocycles. The number of hydrogen-bond donors (Lipinski definition) is 0. The van der Waals surface area contributed by atoms with Crippen LogP contribution in [0.1, 0.15) is 37.7 Å². The first-order valence-electron chi connectivity index (χ1n) is 7.49. The lowest BCUT2D eigenvalue weighted by Crippen LogP contribution is -2.20. The summed E-state index contributed by atoms with van der Waals surface area (Å²) in [6.07, 6.45) is 7.13. The van der Waals surface area contributed by atoms with Crippen LogP contribution < -0.4 is 4.74 Å². The Hall–Kier alpha value is -1.09. The van der Waals surface area contributed by atoms with Crippen LogP contribution in [-0.4, -0.2) is 30.6 Å². The van der Waals surface area contributed by atoms with Gasteiger partial charge in [-0.15, -0.1) is 0 Å². The normalized spacial score (nSPS) is 19.8. The summed E-state index contributed by atoms with van der Waals surface area (Å²) in [6.45, 7) is 3.62. The smallest absolute Gasteiger partial charge is 0.165 e. The van der Waals surface area contributed by atoms with E-state index in [0.29, 0.717) is 5.75 Å². The monoisotopic (exact) mass is 263 g/mol. The summed E-state index contributed by atoms with van der Waals surface area (Å²) in [4.78, 5) is 2.50. The molecule has 0 amide bonds. The molecule has 1 saturated heterocycles. The molecule has 0 spiro atoms. The molecule has 0 N–H and O–H groups in total. The van der Waals surface area contributed by atoms with Gasteiger partial charge in [-0.25, -0.2) is 4.39 Å². The van der Waals surface area contributed by atoms with E-state index >= 15 is 0 Å². The van der Waals surface area contributed by atoms with Gasteiger partial charge in [0.05, 0.1) is 6.10 Å². The van der Waals surface area contributed by atoms with Crippen LogP contribution in [0.25, 0.3) is 0 Å². The third kappa shape index (κ3) is 3.69. The molecule has 1 aromatic rings. The summed E-state index contributed by atoms with van der Waals surface area (Å²) in [6, 6.07) is 5.44. The molecule has 1 heterocycles. The van der Waals surface area contributed by atoms with Gasteiger partial charge in [0.1, 0.15) is 0 Å². The molecule has 2 aliphatic rings. The Kier molecular flexibility index (Phi) is 4.02. The van der Waals surface area contributed by atoms with Crippen molar-refractivity contribution in [3.63, 3.8) is 0 Å². The quantitative estimate of drug-likeness (QED) is 0.780. The number of ether oxygens (including phenoxy) is 1. The third-order valence-corrected chi connectivity index (χ3v) is 3.95. The van der Waals surface area contributed by atoms with Gasteiger partial charge < -0.3 is 9.64 Å². The fourth-order valence-corrected chi connectivity index (χ4v) is 2.67. The molecular weight excluding hydrogens is 241 g/mol. The minimum atomic E-state index is -0.203. The molecule has 104 valence electrons. The fourth-order valence-electron chi connectivity index (χ4n) is 2.67. The maximum atomic E-state index is 13.8. The van der Waals surface area contributed by atoms with Crippen molar-refractivity contribution in [3.05, 3.63) is 29.6 Å². The van der Waals surface area contributed by atoms with Gasteiger partial charge in [-0.2, -0.15) is 0 Å². The van der Waals surface area contributed by atoms with E-state index in [4.69, 9.17) is 4.74 Å². The highest BCUT2D eigenvalue weighted by atomic mass is 19.1. The van der Waals surface area contributed by atoms with Gasteiger partial charge >= 0.3 is 0 Å². The van der Waals surface area contributed by atoms with Crippen LogP contribution in [0.4, 0.5) is 4.39 Å². The molecule has 1 saturated carbocycles. The van der Waals surface area contributed by atoms with Crippen molar-refractivity contribution in [1.29, 1.82) is 0 Å². The van der Waals surface area contributed by atoms with Crippen LogP contribution >= 0.6 is 0 Å². The minimum absolute atomic E-state index is 0.203. The number of nitrogens with zero attached hydrogens (tertiary/aromatic N) is 1. The van der Waals surface area contributed by atoms with Crippen molar-refractivity contribution in [2.45, 2.75) is 44.6 Å². The number of halogens is 1. The van der Waals surface area contributed by atoms with E-state index in [-0.39, 0.29) is 11.9 Å². The summed E-state index contributed by atoms with van der Waals surface area (Å²) in [5, 5.41) is 0. The van der Waals surface area contributed by atoms with Crippen molar-refractivity contribution in [3.8, 4) is 5.75 Å². The summed E-state index contributed by atoms with van der Waals surface area (Å²) in [5.74, 6) is 0.219. The van der Waals surface area contributed by atoms with E-state index in [9.17, 15) is 4.39 Å². The van der Waals surface area contributed by atoms with E-state index in [1.165, 1.54) is 25.9 Å². The minimum Gasteiger partial charge on any atom is -0.487 e. The zero-order valence-electron chi connectivity index (χ0n) is 11.4. The second-order valence-electron chi connectivity index (χ2n) is 5.73. The van der Waals surface area contributed by atoms with Crippen LogP contribution in [-0.2, 0) is 6.42 Å². The van der Waals surface area contributed by atoms with E-state index in [2.05, 4.69) is 4.90 Å². The second-order valence-corrected chi connectivity index (χ2v) is 5.73. The number of benzene rings is 1. The molecule has 19 heavy (non-hydrogen) atoms. The highest BCUT2D eigenvalue weighted by Gasteiger charge is 2.24. The average Bonchev–Trinajstić information content (AvgIpc) is 3.06. The van der Waals surface area contributed by atoms with E-state index in [0.717, 1.165) is 37.8 Å². The molecule has 2 fully saturated rings. The van der Waals surface area contributed by atoms with Crippen molar-refractivity contribution < 1.29 is 9.13 Å². The summed E-state index contributed by atoms with van der Waals surface area (Å²) < 4.78 is 19.3. The predicted octanol–water partition coefficient (Wildman–Crippen LogP) is 3.40. The SMILES string of the molecule is Fc1cc(CCCN2CCCC2)ccc1OC1CC1. The van der Waals surface area contributed by atoms with Crippen LogP contribution in [0, 0.1) is 5.82 Å². The van der Waals surface area contributed by atoms with Gasteiger partial charge in [-0.05, 0) is 75.9 Å². The van der Waals surface area contributed by atoms with Crippen LogP contribution in [0.2, 0.25) is 0 Å². The Bertz CT molecular complexity index is 425. The first-order valence-corrected chi connectivity index (χ1v) is 7.49. The fraction of sp³-hybridized carbons (Fsp3) is 0.625. The summed E-state index contributed by atoms with van der Waals surface area (Å²) >= 11 is 0. The van der Waals surface area contributed by atoms with Crippen LogP contribution in [0.5, 0.6) is 5.75 Å². The molecule has 3 rings (SSSR count). The van der Waals surface area contributed by atoms with Gasteiger partial charge in [-0.3, -0.25) is 0 Å². The molecule has 0 radical (unpaired) electrons. The molecule has 3 heteroatoms. The zero-order chi connectivity index (χ0) is 13.1.